The summed E-state index contributed by atoms with van der Waals surface area (Å²) in [6, 6.07) is 19.9. The third-order valence-corrected chi connectivity index (χ3v) is 11.7. The largest absolute Gasteiger partial charge is 0.508 e. The molecule has 10 heteroatoms. The summed E-state index contributed by atoms with van der Waals surface area (Å²) < 4.78 is 5.46. The van der Waals surface area contributed by atoms with Gasteiger partial charge >= 0.3 is 0 Å². The van der Waals surface area contributed by atoms with Crippen LogP contribution < -0.4 is 10.6 Å². The molecule has 0 bridgehead atoms. The highest BCUT2D eigenvalue weighted by Crippen LogP contribution is 2.30. The molecular weight excluding hydrogens is 663 g/mol. The molecule has 1 saturated heterocycles. The van der Waals surface area contributed by atoms with Crippen molar-refractivity contribution in [3.63, 3.8) is 0 Å². The van der Waals surface area contributed by atoms with Gasteiger partial charge in [0.2, 0.25) is 11.8 Å². The van der Waals surface area contributed by atoms with Crippen LogP contribution in [0.3, 0.4) is 0 Å². The minimum atomic E-state index is -1.14. The number of unbranched alkanes of at least 4 members (excludes halogenated alkanes) is 1. The van der Waals surface area contributed by atoms with Gasteiger partial charge in [-0.3, -0.25) is 14.5 Å². The lowest BCUT2D eigenvalue weighted by molar-refractivity contribution is -0.132. The molecule has 278 valence electrons. The van der Waals surface area contributed by atoms with Gasteiger partial charge in [0.25, 0.3) is 0 Å². The number of carbonyl (C=O) groups is 2. The number of fused-ring (bicyclic) bond motifs is 1. The third kappa shape index (κ3) is 11.9. The molecule has 2 fully saturated rings. The molecule has 1 heterocycles. The van der Waals surface area contributed by atoms with E-state index < -0.39 is 30.2 Å². The maximum absolute atomic E-state index is 14.3. The number of aromatic hydroxyl groups is 1. The topological polar surface area (TPSA) is 131 Å². The summed E-state index contributed by atoms with van der Waals surface area (Å²) >= 11 is 1.55. The number of hydrogen-bond donors (Lipinski definition) is 5. The first-order valence-corrected chi connectivity index (χ1v) is 19.9. The first-order valence-electron chi connectivity index (χ1n) is 19.0. The Morgan fingerprint density at radius 2 is 1.65 bits per heavy atom. The smallest absolute Gasteiger partial charge is 0.242 e. The Labute approximate surface area is 307 Å². The van der Waals surface area contributed by atoms with Gasteiger partial charge in [0.1, 0.15) is 17.9 Å². The van der Waals surface area contributed by atoms with Crippen molar-refractivity contribution >= 4 is 34.3 Å². The monoisotopic (exact) mass is 719 g/mol. The van der Waals surface area contributed by atoms with Crippen molar-refractivity contribution in [1.29, 1.82) is 0 Å². The quantitative estimate of drug-likeness (QED) is 0.106. The number of nitrogens with zero attached hydrogens (tertiary/aromatic N) is 1. The van der Waals surface area contributed by atoms with Crippen molar-refractivity contribution < 1.29 is 29.6 Å². The summed E-state index contributed by atoms with van der Waals surface area (Å²) in [7, 11) is 0. The van der Waals surface area contributed by atoms with E-state index in [9.17, 15) is 24.9 Å². The van der Waals surface area contributed by atoms with Crippen LogP contribution in [-0.2, 0) is 20.7 Å². The second kappa shape index (κ2) is 20.2. The van der Waals surface area contributed by atoms with Gasteiger partial charge < -0.3 is 30.7 Å². The van der Waals surface area contributed by atoms with Gasteiger partial charge in [0.05, 0.1) is 31.3 Å². The van der Waals surface area contributed by atoms with Crippen molar-refractivity contribution in [2.24, 2.45) is 11.8 Å². The standard InChI is InChI=1S/C41H57N3O6S/c1-2-3-16-36(41(49)43-37(25-29-10-5-4-6-11-29)39(47)38(46)27-44-21-23-50-24-22-44)42-40(48)32(28-51-34-19-17-33(45)18-20-34)26-31-14-9-13-30-12-7-8-15-35(30)31/h7-9,12-15,17-20,29,32,36-39,45-47H,2-6,10-11,16,21-28H2,1H3,(H,42,48)(H,43,49)/t32-,36+,37+,38+,39-/m1/s1. The molecule has 9 nitrogen and oxygen atoms in total. The zero-order chi connectivity index (χ0) is 36.0. The number of phenolic OH excluding ortho intramolecular Hbond substituents is 1. The average molecular weight is 720 g/mol. The number of thioether (sulfide) groups is 1. The summed E-state index contributed by atoms with van der Waals surface area (Å²) in [5, 5.41) is 41.0. The van der Waals surface area contributed by atoms with E-state index in [-0.39, 0.29) is 17.6 Å². The number of aliphatic hydroxyl groups is 2. The molecule has 51 heavy (non-hydrogen) atoms. The van der Waals surface area contributed by atoms with Crippen LogP contribution in [0.4, 0.5) is 0 Å². The van der Waals surface area contributed by atoms with Crippen molar-refractivity contribution in [3.05, 3.63) is 72.3 Å². The number of nitrogens with one attached hydrogen (secondary N) is 2. The Hall–Kier alpha value is -3.15. The second-order valence-electron chi connectivity index (χ2n) is 14.4. The number of β-amino-alcohol motifs (C(OH)–C–C–N with tert-alkyl or cyclic N) is 1. The molecule has 5 N–H and O–H groups in total. The van der Waals surface area contributed by atoms with Crippen LogP contribution in [0.5, 0.6) is 5.75 Å². The summed E-state index contributed by atoms with van der Waals surface area (Å²) in [6.07, 6.45) is 6.57. The fourth-order valence-electron chi connectivity index (χ4n) is 7.44. The molecule has 0 aromatic heterocycles. The maximum Gasteiger partial charge on any atom is 0.242 e. The molecule has 3 aromatic rings. The van der Waals surface area contributed by atoms with E-state index in [0.29, 0.717) is 63.8 Å². The molecule has 1 aliphatic heterocycles. The molecule has 1 aliphatic carbocycles. The number of benzene rings is 3. The fraction of sp³-hybridized carbons (Fsp3) is 0.561. The van der Waals surface area contributed by atoms with Crippen LogP contribution in [0.2, 0.25) is 0 Å². The van der Waals surface area contributed by atoms with Gasteiger partial charge in [0.15, 0.2) is 0 Å². The summed E-state index contributed by atoms with van der Waals surface area (Å²) in [6.45, 7) is 4.95. The van der Waals surface area contributed by atoms with Gasteiger partial charge in [-0.2, -0.15) is 0 Å². The lowest BCUT2D eigenvalue weighted by Gasteiger charge is -2.35. The van der Waals surface area contributed by atoms with E-state index in [2.05, 4.69) is 46.7 Å². The lowest BCUT2D eigenvalue weighted by atomic mass is 9.83. The van der Waals surface area contributed by atoms with Gasteiger partial charge in [-0.05, 0) is 65.8 Å². The first kappa shape index (κ1) is 39.1. The van der Waals surface area contributed by atoms with E-state index >= 15 is 0 Å². The molecule has 5 atom stereocenters. The zero-order valence-corrected chi connectivity index (χ0v) is 30.9. The van der Waals surface area contributed by atoms with E-state index in [1.54, 1.807) is 23.9 Å². The number of phenols is 1. The average Bonchev–Trinajstić information content (AvgIpc) is 3.15. The normalized spacial score (nSPS) is 18.8. The predicted octanol–water partition coefficient (Wildman–Crippen LogP) is 5.68. The minimum absolute atomic E-state index is 0.190. The molecule has 2 amide bonds. The Kier molecular flexibility index (Phi) is 15.5. The van der Waals surface area contributed by atoms with Crippen LogP contribution in [0.25, 0.3) is 10.8 Å². The van der Waals surface area contributed by atoms with Crippen LogP contribution in [0.15, 0.2) is 71.6 Å². The molecule has 3 aromatic carbocycles. The molecular formula is C41H57N3O6S. The zero-order valence-electron chi connectivity index (χ0n) is 30.1. The van der Waals surface area contributed by atoms with Crippen LogP contribution in [0, 0.1) is 11.8 Å². The van der Waals surface area contributed by atoms with Crippen LogP contribution in [-0.4, -0.2) is 94.9 Å². The predicted molar refractivity (Wildman–Crippen MR) is 204 cm³/mol. The van der Waals surface area contributed by atoms with E-state index in [1.165, 1.54) is 6.42 Å². The SMILES string of the molecule is CCCC[C@H](NC(=O)[C@@H](CSc1ccc(O)cc1)Cc1cccc2ccccc12)C(=O)N[C@@H](CC1CCCCC1)[C@@H](O)[C@@H](O)CN1CCOCC1. The Morgan fingerprint density at radius 1 is 0.922 bits per heavy atom. The molecule has 0 spiro atoms. The van der Waals surface area contributed by atoms with Crippen molar-refractivity contribution in [2.75, 3.05) is 38.6 Å². The minimum Gasteiger partial charge on any atom is -0.508 e. The number of hydrogen-bond acceptors (Lipinski definition) is 8. The molecule has 1 saturated carbocycles. The highest BCUT2D eigenvalue weighted by molar-refractivity contribution is 7.99. The van der Waals surface area contributed by atoms with Gasteiger partial charge in [-0.1, -0.05) is 94.3 Å². The molecule has 5 rings (SSSR count). The van der Waals surface area contributed by atoms with E-state index in [0.717, 1.165) is 59.8 Å². The number of aliphatic hydroxyl groups excluding tert-OH is 2. The number of amides is 2. The van der Waals surface area contributed by atoms with Crippen LogP contribution in [0.1, 0.15) is 70.3 Å². The fourth-order valence-corrected chi connectivity index (χ4v) is 8.43. The van der Waals surface area contributed by atoms with Gasteiger partial charge in [-0.25, -0.2) is 0 Å². The van der Waals surface area contributed by atoms with Crippen molar-refractivity contribution in [2.45, 2.75) is 100 Å². The lowest BCUT2D eigenvalue weighted by Crippen LogP contribution is -2.57. The van der Waals surface area contributed by atoms with Gasteiger partial charge in [0, 0.05) is 30.3 Å². The van der Waals surface area contributed by atoms with Crippen LogP contribution >= 0.6 is 11.8 Å². The first-order chi connectivity index (χ1) is 24.8. The number of ether oxygens (including phenoxy) is 1. The van der Waals surface area contributed by atoms with Gasteiger partial charge in [-0.15, -0.1) is 11.8 Å². The van der Waals surface area contributed by atoms with Crippen molar-refractivity contribution in [3.8, 4) is 5.75 Å². The second-order valence-corrected chi connectivity index (χ2v) is 15.5. The maximum atomic E-state index is 14.3. The Morgan fingerprint density at radius 3 is 2.39 bits per heavy atom. The highest BCUT2D eigenvalue weighted by atomic mass is 32.2. The highest BCUT2D eigenvalue weighted by Gasteiger charge is 2.34. The molecule has 0 unspecified atom stereocenters. The number of rotatable bonds is 18. The molecule has 2 aliphatic rings. The summed E-state index contributed by atoms with van der Waals surface area (Å²) in [5.41, 5.74) is 1.07. The van der Waals surface area contributed by atoms with E-state index in [1.807, 2.05) is 30.3 Å². The third-order valence-electron chi connectivity index (χ3n) is 10.5. The number of morpholine rings is 1. The van der Waals surface area contributed by atoms with E-state index in [4.69, 9.17) is 4.74 Å². The van der Waals surface area contributed by atoms with Crippen molar-refractivity contribution in [1.82, 2.24) is 15.5 Å². The summed E-state index contributed by atoms with van der Waals surface area (Å²) in [5.74, 6) is 0.0892. The summed E-state index contributed by atoms with van der Waals surface area (Å²) in [4.78, 5) is 31.4. The Bertz CT molecular complexity index is 1510. The number of carbonyl (C=O) groups excluding carboxylic acids is 2. The Balaban J connectivity index is 1.33. The molecule has 0 radical (unpaired) electrons.